The molecule has 0 unspecified atom stereocenters. The fourth-order valence-electron chi connectivity index (χ4n) is 1.97. The predicted molar refractivity (Wildman–Crippen MR) is 87.8 cm³/mol. The van der Waals surface area contributed by atoms with Crippen molar-refractivity contribution in [1.29, 1.82) is 0 Å². The fraction of sp³-hybridized carbons (Fsp3) is 0.294. The van der Waals surface area contributed by atoms with Gasteiger partial charge >= 0.3 is 0 Å². The molecule has 0 radical (unpaired) electrons. The number of nitrogens with one attached hydrogen (secondary N) is 1. The average Bonchev–Trinajstić information content (AvgIpc) is 2.49. The quantitative estimate of drug-likeness (QED) is 0.762. The van der Waals surface area contributed by atoms with Crippen LogP contribution in [0.1, 0.15) is 12.5 Å². The molecule has 2 aromatic carbocycles. The molecule has 0 saturated heterocycles. The molecule has 3 nitrogen and oxygen atoms in total. The highest BCUT2D eigenvalue weighted by Crippen LogP contribution is 2.26. The topological polar surface area (TPSA) is 30.5 Å². The summed E-state index contributed by atoms with van der Waals surface area (Å²) in [4.78, 5) is 0. The van der Waals surface area contributed by atoms with Crippen LogP contribution in [0, 0.1) is 6.92 Å². The van der Waals surface area contributed by atoms with Gasteiger partial charge in [-0.3, -0.25) is 0 Å². The first kappa shape index (κ1) is 15.5. The minimum absolute atomic E-state index is 0.536. The second-order valence-electron chi connectivity index (χ2n) is 4.64. The van der Waals surface area contributed by atoms with Crippen molar-refractivity contribution in [3.05, 3.63) is 53.1 Å². The van der Waals surface area contributed by atoms with E-state index in [1.54, 1.807) is 0 Å². The minimum atomic E-state index is 0.536. The van der Waals surface area contributed by atoms with Crippen molar-refractivity contribution < 1.29 is 9.47 Å². The van der Waals surface area contributed by atoms with Gasteiger partial charge in [0.2, 0.25) is 0 Å². The van der Waals surface area contributed by atoms with Crippen molar-refractivity contribution in [2.24, 2.45) is 0 Å². The summed E-state index contributed by atoms with van der Waals surface area (Å²) in [6.07, 6.45) is 0. The largest absolute Gasteiger partial charge is 0.490 e. The van der Waals surface area contributed by atoms with Gasteiger partial charge in [0.05, 0.1) is 17.3 Å². The van der Waals surface area contributed by atoms with E-state index in [-0.39, 0.29) is 0 Å². The van der Waals surface area contributed by atoms with Crippen LogP contribution < -0.4 is 14.8 Å². The van der Waals surface area contributed by atoms with Crippen molar-refractivity contribution in [3.8, 4) is 11.5 Å². The molecule has 1 N–H and O–H groups in total. The minimum Gasteiger partial charge on any atom is -0.490 e. The summed E-state index contributed by atoms with van der Waals surface area (Å²) in [7, 11) is 0. The summed E-state index contributed by atoms with van der Waals surface area (Å²) in [6.45, 7) is 5.82. The Morgan fingerprint density at radius 3 is 2.48 bits per heavy atom. The van der Waals surface area contributed by atoms with Crippen LogP contribution in [0.3, 0.4) is 0 Å². The number of halogens is 1. The van der Waals surface area contributed by atoms with Gasteiger partial charge in [0, 0.05) is 6.54 Å². The second-order valence-corrected chi connectivity index (χ2v) is 5.05. The van der Waals surface area contributed by atoms with Crippen molar-refractivity contribution in [2.45, 2.75) is 13.8 Å². The first-order valence-corrected chi connectivity index (χ1v) is 7.43. The van der Waals surface area contributed by atoms with Crippen LogP contribution in [0.5, 0.6) is 11.5 Å². The molecule has 0 aliphatic heterocycles. The first-order chi connectivity index (χ1) is 10.2. The van der Waals surface area contributed by atoms with Crippen LogP contribution in [-0.4, -0.2) is 19.8 Å². The SMILES string of the molecule is CCOc1ccccc1OCCNc1cc(C)ccc1Cl. The number of rotatable bonds is 7. The first-order valence-electron chi connectivity index (χ1n) is 7.05. The van der Waals surface area contributed by atoms with Crippen LogP contribution in [0.15, 0.2) is 42.5 Å². The highest BCUT2D eigenvalue weighted by atomic mass is 35.5. The number of hydrogen-bond donors (Lipinski definition) is 1. The lowest BCUT2D eigenvalue weighted by molar-refractivity contribution is 0.284. The Morgan fingerprint density at radius 1 is 1.05 bits per heavy atom. The zero-order valence-electron chi connectivity index (χ0n) is 12.4. The lowest BCUT2D eigenvalue weighted by Gasteiger charge is -2.13. The van der Waals surface area contributed by atoms with Crippen LogP contribution in [0.4, 0.5) is 5.69 Å². The standard InChI is InChI=1S/C17H20ClNO2/c1-3-20-16-6-4-5-7-17(16)21-11-10-19-15-12-13(2)8-9-14(15)18/h4-9,12,19H,3,10-11H2,1-2H3. The van der Waals surface area contributed by atoms with E-state index in [9.17, 15) is 0 Å². The summed E-state index contributed by atoms with van der Waals surface area (Å²) in [5.41, 5.74) is 2.10. The van der Waals surface area contributed by atoms with Crippen molar-refractivity contribution in [2.75, 3.05) is 25.1 Å². The van der Waals surface area contributed by atoms with E-state index in [1.807, 2.05) is 56.3 Å². The smallest absolute Gasteiger partial charge is 0.161 e. The van der Waals surface area contributed by atoms with Gasteiger partial charge in [0.25, 0.3) is 0 Å². The average molecular weight is 306 g/mol. The Hall–Kier alpha value is -1.87. The molecule has 0 amide bonds. The third-order valence-corrected chi connectivity index (χ3v) is 3.28. The van der Waals surface area contributed by atoms with Crippen LogP contribution >= 0.6 is 11.6 Å². The summed E-state index contributed by atoms with van der Waals surface area (Å²) in [5.74, 6) is 1.53. The number of para-hydroxylation sites is 2. The Balaban J connectivity index is 1.86. The third-order valence-electron chi connectivity index (χ3n) is 2.95. The predicted octanol–water partition coefficient (Wildman–Crippen LogP) is 4.54. The molecule has 2 rings (SSSR count). The molecule has 0 saturated carbocycles. The molecule has 0 heterocycles. The second kappa shape index (κ2) is 7.79. The van der Waals surface area contributed by atoms with Crippen molar-refractivity contribution in [1.82, 2.24) is 0 Å². The summed E-state index contributed by atoms with van der Waals surface area (Å²) < 4.78 is 11.3. The van der Waals surface area contributed by atoms with E-state index >= 15 is 0 Å². The highest BCUT2D eigenvalue weighted by molar-refractivity contribution is 6.33. The van der Waals surface area contributed by atoms with E-state index in [0.29, 0.717) is 19.8 Å². The van der Waals surface area contributed by atoms with Crippen LogP contribution in [0.25, 0.3) is 0 Å². The molecule has 0 atom stereocenters. The number of anilines is 1. The normalized spacial score (nSPS) is 10.2. The molecule has 4 heteroatoms. The number of hydrogen-bond acceptors (Lipinski definition) is 3. The maximum atomic E-state index is 6.14. The van der Waals surface area contributed by atoms with Gasteiger partial charge in [-0.25, -0.2) is 0 Å². The molecular formula is C17H20ClNO2. The van der Waals surface area contributed by atoms with Crippen molar-refractivity contribution >= 4 is 17.3 Å². The Morgan fingerprint density at radius 2 is 1.76 bits per heavy atom. The van der Waals surface area contributed by atoms with E-state index in [2.05, 4.69) is 5.32 Å². The van der Waals surface area contributed by atoms with Gasteiger partial charge in [0.15, 0.2) is 11.5 Å². The van der Waals surface area contributed by atoms with Gasteiger partial charge in [-0.2, -0.15) is 0 Å². The molecule has 0 aromatic heterocycles. The van der Waals surface area contributed by atoms with Crippen LogP contribution in [0.2, 0.25) is 5.02 Å². The monoisotopic (exact) mass is 305 g/mol. The Labute approximate surface area is 130 Å². The maximum absolute atomic E-state index is 6.14. The fourth-order valence-corrected chi connectivity index (χ4v) is 2.15. The van der Waals surface area contributed by atoms with Gasteiger partial charge in [0.1, 0.15) is 6.61 Å². The molecular weight excluding hydrogens is 286 g/mol. The molecule has 0 fully saturated rings. The third kappa shape index (κ3) is 4.57. The van der Waals surface area contributed by atoms with Gasteiger partial charge < -0.3 is 14.8 Å². The molecule has 21 heavy (non-hydrogen) atoms. The summed E-state index contributed by atoms with van der Waals surface area (Å²) in [5, 5.41) is 4.00. The highest BCUT2D eigenvalue weighted by Gasteiger charge is 2.04. The molecule has 112 valence electrons. The lowest BCUT2D eigenvalue weighted by Crippen LogP contribution is -2.12. The lowest BCUT2D eigenvalue weighted by atomic mass is 10.2. The zero-order valence-corrected chi connectivity index (χ0v) is 13.1. The maximum Gasteiger partial charge on any atom is 0.161 e. The molecule has 2 aromatic rings. The Bertz CT molecular complexity index is 587. The zero-order chi connectivity index (χ0) is 15.1. The van der Waals surface area contributed by atoms with E-state index in [4.69, 9.17) is 21.1 Å². The number of benzene rings is 2. The molecule has 0 aliphatic rings. The molecule has 0 spiro atoms. The summed E-state index contributed by atoms with van der Waals surface area (Å²) in [6, 6.07) is 13.6. The van der Waals surface area contributed by atoms with E-state index < -0.39 is 0 Å². The van der Waals surface area contributed by atoms with E-state index in [1.165, 1.54) is 5.56 Å². The van der Waals surface area contributed by atoms with Crippen LogP contribution in [-0.2, 0) is 0 Å². The Kier molecular flexibility index (Phi) is 5.76. The molecule has 0 aliphatic carbocycles. The summed E-state index contributed by atoms with van der Waals surface area (Å²) >= 11 is 6.14. The molecule has 0 bridgehead atoms. The number of aryl methyl sites for hydroxylation is 1. The van der Waals surface area contributed by atoms with E-state index in [0.717, 1.165) is 22.2 Å². The van der Waals surface area contributed by atoms with Gasteiger partial charge in [-0.15, -0.1) is 0 Å². The van der Waals surface area contributed by atoms with Gasteiger partial charge in [-0.1, -0.05) is 29.8 Å². The number of ether oxygens (including phenoxy) is 2. The van der Waals surface area contributed by atoms with Gasteiger partial charge in [-0.05, 0) is 43.7 Å². The van der Waals surface area contributed by atoms with Crippen molar-refractivity contribution in [3.63, 3.8) is 0 Å².